The standard InChI is InChI=1S/C13H16INS/c14-11-8-4-5-9-12(11)15-13(16)10-6-2-1-3-7-10/h1-3,6-7,11-12H,4-5,8-9H2,(H,15,16)/t11-,12-/m1/s1. The molecule has 0 aromatic heterocycles. The van der Waals surface area contributed by atoms with Crippen LogP contribution in [-0.2, 0) is 0 Å². The van der Waals surface area contributed by atoms with E-state index in [0.29, 0.717) is 9.97 Å². The molecule has 16 heavy (non-hydrogen) atoms. The average Bonchev–Trinajstić information content (AvgIpc) is 2.33. The Morgan fingerprint density at radius 1 is 1.19 bits per heavy atom. The topological polar surface area (TPSA) is 12.0 Å². The van der Waals surface area contributed by atoms with Crippen molar-refractivity contribution in [3.8, 4) is 0 Å². The first-order valence-corrected chi connectivity index (χ1v) is 7.43. The molecular weight excluding hydrogens is 329 g/mol. The van der Waals surface area contributed by atoms with Crippen LogP contribution in [0.5, 0.6) is 0 Å². The lowest BCUT2D eigenvalue weighted by molar-refractivity contribution is 0.437. The van der Waals surface area contributed by atoms with Gasteiger partial charge in [0.15, 0.2) is 0 Å². The lowest BCUT2D eigenvalue weighted by atomic mass is 9.95. The van der Waals surface area contributed by atoms with Crippen LogP contribution in [0, 0.1) is 0 Å². The van der Waals surface area contributed by atoms with E-state index in [2.05, 4.69) is 40.0 Å². The molecule has 1 aliphatic carbocycles. The monoisotopic (exact) mass is 345 g/mol. The summed E-state index contributed by atoms with van der Waals surface area (Å²) in [7, 11) is 0. The second-order valence-corrected chi connectivity index (χ2v) is 6.25. The summed E-state index contributed by atoms with van der Waals surface area (Å²) in [6.45, 7) is 0. The smallest absolute Gasteiger partial charge is 0.106 e. The van der Waals surface area contributed by atoms with E-state index in [0.717, 1.165) is 10.6 Å². The predicted molar refractivity (Wildman–Crippen MR) is 81.3 cm³/mol. The highest BCUT2D eigenvalue weighted by Gasteiger charge is 2.23. The zero-order valence-corrected chi connectivity index (χ0v) is 12.1. The van der Waals surface area contributed by atoms with Gasteiger partial charge in [-0.25, -0.2) is 0 Å². The maximum atomic E-state index is 5.44. The van der Waals surface area contributed by atoms with Gasteiger partial charge in [0.25, 0.3) is 0 Å². The molecule has 1 saturated carbocycles. The van der Waals surface area contributed by atoms with Crippen LogP contribution in [0.3, 0.4) is 0 Å². The van der Waals surface area contributed by atoms with Crippen molar-refractivity contribution >= 4 is 39.8 Å². The minimum atomic E-state index is 0.557. The Hall–Kier alpha value is -0.160. The molecule has 0 heterocycles. The van der Waals surface area contributed by atoms with Crippen LogP contribution in [-0.4, -0.2) is 15.0 Å². The van der Waals surface area contributed by atoms with Gasteiger partial charge in [0.2, 0.25) is 0 Å². The minimum Gasteiger partial charge on any atom is -0.372 e. The van der Waals surface area contributed by atoms with Gasteiger partial charge in [-0.1, -0.05) is 78.0 Å². The zero-order valence-electron chi connectivity index (χ0n) is 9.16. The minimum absolute atomic E-state index is 0.557. The maximum absolute atomic E-state index is 5.44. The highest BCUT2D eigenvalue weighted by Crippen LogP contribution is 2.25. The number of thiocarbonyl (C=S) groups is 1. The van der Waals surface area contributed by atoms with Gasteiger partial charge >= 0.3 is 0 Å². The van der Waals surface area contributed by atoms with Crippen LogP contribution in [0.2, 0.25) is 0 Å². The number of hydrogen-bond donors (Lipinski definition) is 1. The van der Waals surface area contributed by atoms with Crippen LogP contribution in [0.4, 0.5) is 0 Å². The summed E-state index contributed by atoms with van der Waals surface area (Å²) in [6.07, 6.45) is 5.26. The highest BCUT2D eigenvalue weighted by molar-refractivity contribution is 14.1. The van der Waals surface area contributed by atoms with Crippen LogP contribution in [0.15, 0.2) is 30.3 Å². The van der Waals surface area contributed by atoms with Gasteiger partial charge in [-0.2, -0.15) is 0 Å². The van der Waals surface area contributed by atoms with E-state index in [1.165, 1.54) is 25.7 Å². The maximum Gasteiger partial charge on any atom is 0.106 e. The van der Waals surface area contributed by atoms with Crippen molar-refractivity contribution in [1.29, 1.82) is 0 Å². The quantitative estimate of drug-likeness (QED) is 0.498. The third-order valence-electron chi connectivity index (χ3n) is 3.03. The summed E-state index contributed by atoms with van der Waals surface area (Å²) >= 11 is 7.99. The Morgan fingerprint density at radius 3 is 2.56 bits per heavy atom. The Morgan fingerprint density at radius 2 is 1.88 bits per heavy atom. The van der Waals surface area contributed by atoms with Crippen molar-refractivity contribution in [2.75, 3.05) is 0 Å². The second-order valence-electron chi connectivity index (χ2n) is 4.25. The molecule has 1 aliphatic rings. The lowest BCUT2D eigenvalue weighted by Gasteiger charge is -2.29. The van der Waals surface area contributed by atoms with Gasteiger partial charge in [-0.15, -0.1) is 0 Å². The molecule has 0 spiro atoms. The van der Waals surface area contributed by atoms with E-state index in [1.54, 1.807) is 0 Å². The van der Waals surface area contributed by atoms with E-state index < -0.39 is 0 Å². The molecule has 0 bridgehead atoms. The van der Waals surface area contributed by atoms with Crippen molar-refractivity contribution < 1.29 is 0 Å². The van der Waals surface area contributed by atoms with Crippen LogP contribution in [0.25, 0.3) is 0 Å². The Bertz CT molecular complexity index is 352. The fraction of sp³-hybridized carbons (Fsp3) is 0.462. The van der Waals surface area contributed by atoms with Crippen molar-refractivity contribution in [2.24, 2.45) is 0 Å². The lowest BCUT2D eigenvalue weighted by Crippen LogP contribution is -2.42. The van der Waals surface area contributed by atoms with Crippen molar-refractivity contribution in [2.45, 2.75) is 35.6 Å². The van der Waals surface area contributed by atoms with Gasteiger partial charge in [0, 0.05) is 15.5 Å². The molecule has 1 N–H and O–H groups in total. The second kappa shape index (κ2) is 5.96. The molecule has 1 nitrogen and oxygen atoms in total. The predicted octanol–water partition coefficient (Wildman–Crippen LogP) is 3.70. The molecule has 0 amide bonds. The number of nitrogens with one attached hydrogen (secondary N) is 1. The summed E-state index contributed by atoms with van der Waals surface area (Å²) in [6, 6.07) is 10.8. The molecular formula is C13H16INS. The SMILES string of the molecule is S=C(N[C@@H]1CCCC[C@H]1I)c1ccccc1. The number of benzene rings is 1. The van der Waals surface area contributed by atoms with E-state index in [4.69, 9.17) is 12.2 Å². The molecule has 1 aromatic carbocycles. The first-order valence-electron chi connectivity index (χ1n) is 5.77. The average molecular weight is 345 g/mol. The summed E-state index contributed by atoms with van der Waals surface area (Å²) in [5.74, 6) is 0. The molecule has 3 heteroatoms. The van der Waals surface area contributed by atoms with E-state index in [9.17, 15) is 0 Å². The molecule has 86 valence electrons. The molecule has 2 rings (SSSR count). The third kappa shape index (κ3) is 3.17. The number of rotatable bonds is 2. The van der Waals surface area contributed by atoms with Gasteiger partial charge in [-0.05, 0) is 12.8 Å². The highest BCUT2D eigenvalue weighted by atomic mass is 127. The van der Waals surface area contributed by atoms with E-state index >= 15 is 0 Å². The molecule has 0 unspecified atom stereocenters. The zero-order chi connectivity index (χ0) is 11.4. The van der Waals surface area contributed by atoms with Gasteiger partial charge < -0.3 is 5.32 Å². The van der Waals surface area contributed by atoms with Gasteiger partial charge in [0.05, 0.1) is 0 Å². The summed E-state index contributed by atoms with van der Waals surface area (Å²) in [5, 5.41) is 3.51. The third-order valence-corrected chi connectivity index (χ3v) is 4.88. The molecule has 1 fully saturated rings. The molecule has 0 radical (unpaired) electrons. The molecule has 2 atom stereocenters. The van der Waals surface area contributed by atoms with Crippen LogP contribution >= 0.6 is 34.8 Å². The van der Waals surface area contributed by atoms with Crippen LogP contribution < -0.4 is 5.32 Å². The largest absolute Gasteiger partial charge is 0.372 e. The molecule has 0 aliphatic heterocycles. The van der Waals surface area contributed by atoms with Crippen molar-refractivity contribution in [3.63, 3.8) is 0 Å². The van der Waals surface area contributed by atoms with E-state index in [-0.39, 0.29) is 0 Å². The van der Waals surface area contributed by atoms with Gasteiger partial charge in [-0.3, -0.25) is 0 Å². The fourth-order valence-electron chi connectivity index (χ4n) is 2.09. The van der Waals surface area contributed by atoms with Crippen LogP contribution in [0.1, 0.15) is 31.2 Å². The summed E-state index contributed by atoms with van der Waals surface area (Å²) in [5.41, 5.74) is 1.13. The number of halogens is 1. The van der Waals surface area contributed by atoms with E-state index in [1.807, 2.05) is 18.2 Å². The first-order chi connectivity index (χ1) is 7.77. The summed E-state index contributed by atoms with van der Waals surface area (Å²) < 4.78 is 0.716. The van der Waals surface area contributed by atoms with Crippen molar-refractivity contribution in [1.82, 2.24) is 5.32 Å². The summed E-state index contributed by atoms with van der Waals surface area (Å²) in [4.78, 5) is 0.897. The van der Waals surface area contributed by atoms with Crippen molar-refractivity contribution in [3.05, 3.63) is 35.9 Å². The first kappa shape index (κ1) is 12.3. The number of alkyl halides is 1. The fourth-order valence-corrected chi connectivity index (χ4v) is 3.36. The normalized spacial score (nSPS) is 25.1. The Labute approximate surface area is 116 Å². The Kier molecular flexibility index (Phi) is 4.58. The molecule has 1 aromatic rings. The Balaban J connectivity index is 1.96. The number of hydrogen-bond acceptors (Lipinski definition) is 1. The molecule has 0 saturated heterocycles. The van der Waals surface area contributed by atoms with Gasteiger partial charge in [0.1, 0.15) is 4.99 Å².